The first-order valence-electron chi connectivity index (χ1n) is 5.28. The smallest absolute Gasteiger partial charge is 0.164 e. The molecule has 0 aliphatic heterocycles. The second kappa shape index (κ2) is 5.51. The van der Waals surface area contributed by atoms with Gasteiger partial charge < -0.3 is 15.6 Å². The number of nitrogen functional groups attached to an aromatic ring is 1. The molecule has 0 saturated heterocycles. The van der Waals surface area contributed by atoms with Crippen molar-refractivity contribution in [3.63, 3.8) is 0 Å². The fourth-order valence-electron chi connectivity index (χ4n) is 1.29. The Morgan fingerprint density at radius 2 is 2.25 bits per heavy atom. The lowest BCUT2D eigenvalue weighted by molar-refractivity contribution is 0.0988. The van der Waals surface area contributed by atoms with E-state index in [1.54, 1.807) is 32.0 Å². The molecule has 0 saturated carbocycles. The average Bonchev–Trinajstić information content (AvgIpc) is 2.25. The van der Waals surface area contributed by atoms with Crippen molar-refractivity contribution in [2.75, 3.05) is 12.3 Å². The fourth-order valence-corrected chi connectivity index (χ4v) is 1.29. The van der Waals surface area contributed by atoms with Crippen LogP contribution in [0.15, 0.2) is 18.2 Å². The second-order valence-electron chi connectivity index (χ2n) is 3.69. The minimum absolute atomic E-state index is 0.0135. The monoisotopic (exact) mass is 223 g/mol. The Kier molecular flexibility index (Phi) is 4.31. The van der Waals surface area contributed by atoms with Gasteiger partial charge in [0, 0.05) is 23.7 Å². The lowest BCUT2D eigenvalue weighted by atomic mass is 10.1. The molecule has 1 aromatic rings. The Hall–Kier alpha value is -1.55. The quantitative estimate of drug-likeness (QED) is 0.587. The first-order valence-corrected chi connectivity index (χ1v) is 5.28. The maximum Gasteiger partial charge on any atom is 0.164 e. The summed E-state index contributed by atoms with van der Waals surface area (Å²) in [5, 5.41) is 9.05. The molecule has 0 fully saturated rings. The van der Waals surface area contributed by atoms with Gasteiger partial charge in [0.05, 0.1) is 6.10 Å². The van der Waals surface area contributed by atoms with E-state index in [1.165, 1.54) is 0 Å². The second-order valence-corrected chi connectivity index (χ2v) is 3.69. The molecule has 0 radical (unpaired) electrons. The average molecular weight is 223 g/mol. The number of carbonyl (C=O) groups is 1. The summed E-state index contributed by atoms with van der Waals surface area (Å²) in [4.78, 5) is 11.5. The third-order valence-corrected chi connectivity index (χ3v) is 2.14. The number of nitrogens with two attached hydrogens (primary N) is 1. The standard InChI is InChI=1S/C12H17NO3/c1-3-12(15)10-5-4-9(6-11(10)13)16-7-8(2)14/h4-6,8,14H,3,7,13H2,1-2H3. The third-order valence-electron chi connectivity index (χ3n) is 2.14. The van der Waals surface area contributed by atoms with E-state index >= 15 is 0 Å². The Labute approximate surface area is 95.0 Å². The largest absolute Gasteiger partial charge is 0.491 e. The maximum absolute atomic E-state index is 11.5. The van der Waals surface area contributed by atoms with Crippen LogP contribution in [-0.4, -0.2) is 23.6 Å². The fraction of sp³-hybridized carbons (Fsp3) is 0.417. The summed E-state index contributed by atoms with van der Waals surface area (Å²) in [7, 11) is 0. The summed E-state index contributed by atoms with van der Waals surface area (Å²) in [6.45, 7) is 3.64. The molecule has 0 amide bonds. The van der Waals surface area contributed by atoms with Gasteiger partial charge in [0.15, 0.2) is 5.78 Å². The lowest BCUT2D eigenvalue weighted by Crippen LogP contribution is -2.13. The van der Waals surface area contributed by atoms with Gasteiger partial charge in [0.2, 0.25) is 0 Å². The maximum atomic E-state index is 11.5. The minimum Gasteiger partial charge on any atom is -0.491 e. The number of aliphatic hydroxyl groups is 1. The molecule has 4 nitrogen and oxygen atoms in total. The molecule has 0 aromatic heterocycles. The van der Waals surface area contributed by atoms with Crippen molar-refractivity contribution in [1.82, 2.24) is 0 Å². The molecule has 1 unspecified atom stereocenters. The number of carbonyl (C=O) groups excluding carboxylic acids is 1. The molecule has 16 heavy (non-hydrogen) atoms. The number of hydrogen-bond acceptors (Lipinski definition) is 4. The van der Waals surface area contributed by atoms with E-state index in [1.807, 2.05) is 0 Å². The van der Waals surface area contributed by atoms with E-state index in [9.17, 15) is 4.79 Å². The Balaban J connectivity index is 2.78. The number of Topliss-reactive ketones (excluding diaryl/α,β-unsaturated/α-hetero) is 1. The van der Waals surface area contributed by atoms with E-state index in [0.717, 1.165) is 0 Å². The number of rotatable bonds is 5. The van der Waals surface area contributed by atoms with Crippen LogP contribution in [0.25, 0.3) is 0 Å². The highest BCUT2D eigenvalue weighted by atomic mass is 16.5. The summed E-state index contributed by atoms with van der Waals surface area (Å²) >= 11 is 0. The summed E-state index contributed by atoms with van der Waals surface area (Å²) in [5.74, 6) is 0.575. The van der Waals surface area contributed by atoms with E-state index in [4.69, 9.17) is 15.6 Å². The number of aliphatic hydroxyl groups excluding tert-OH is 1. The number of ketones is 1. The summed E-state index contributed by atoms with van der Waals surface area (Å²) in [5.41, 5.74) is 6.67. The molecular formula is C12H17NO3. The van der Waals surface area contributed by atoms with Crippen LogP contribution in [0.4, 0.5) is 5.69 Å². The number of ether oxygens (including phenoxy) is 1. The topological polar surface area (TPSA) is 72.5 Å². The molecule has 0 aliphatic carbocycles. The third kappa shape index (κ3) is 3.24. The number of anilines is 1. The van der Waals surface area contributed by atoms with Crippen LogP contribution in [0, 0.1) is 0 Å². The van der Waals surface area contributed by atoms with Gasteiger partial charge in [-0.3, -0.25) is 4.79 Å². The zero-order valence-electron chi connectivity index (χ0n) is 9.56. The Bertz CT molecular complexity index is 375. The zero-order chi connectivity index (χ0) is 12.1. The van der Waals surface area contributed by atoms with Gasteiger partial charge in [-0.05, 0) is 19.1 Å². The van der Waals surface area contributed by atoms with Crippen molar-refractivity contribution in [3.05, 3.63) is 23.8 Å². The highest BCUT2D eigenvalue weighted by Crippen LogP contribution is 2.21. The van der Waals surface area contributed by atoms with Crippen LogP contribution in [0.1, 0.15) is 30.6 Å². The van der Waals surface area contributed by atoms with Gasteiger partial charge in [0.25, 0.3) is 0 Å². The molecule has 3 N–H and O–H groups in total. The van der Waals surface area contributed by atoms with Crippen molar-refractivity contribution < 1.29 is 14.6 Å². The highest BCUT2D eigenvalue weighted by Gasteiger charge is 2.08. The van der Waals surface area contributed by atoms with Crippen molar-refractivity contribution in [2.45, 2.75) is 26.4 Å². The van der Waals surface area contributed by atoms with Crippen LogP contribution in [0.3, 0.4) is 0 Å². The molecule has 88 valence electrons. The van der Waals surface area contributed by atoms with Crippen LogP contribution in [-0.2, 0) is 0 Å². The molecule has 1 aromatic carbocycles. The Morgan fingerprint density at radius 3 is 2.75 bits per heavy atom. The first kappa shape index (κ1) is 12.5. The van der Waals surface area contributed by atoms with Gasteiger partial charge >= 0.3 is 0 Å². The van der Waals surface area contributed by atoms with Gasteiger partial charge in [-0.25, -0.2) is 0 Å². The van der Waals surface area contributed by atoms with E-state index < -0.39 is 6.10 Å². The van der Waals surface area contributed by atoms with Crippen molar-refractivity contribution in [1.29, 1.82) is 0 Å². The molecule has 0 spiro atoms. The number of hydrogen-bond donors (Lipinski definition) is 2. The van der Waals surface area contributed by atoms with Crippen molar-refractivity contribution in [2.24, 2.45) is 0 Å². The zero-order valence-corrected chi connectivity index (χ0v) is 9.56. The highest BCUT2D eigenvalue weighted by molar-refractivity contribution is 6.00. The van der Waals surface area contributed by atoms with E-state index in [0.29, 0.717) is 23.4 Å². The van der Waals surface area contributed by atoms with E-state index in [-0.39, 0.29) is 12.4 Å². The molecule has 0 heterocycles. The molecule has 0 bridgehead atoms. The minimum atomic E-state index is -0.529. The van der Waals surface area contributed by atoms with Crippen molar-refractivity contribution in [3.8, 4) is 5.75 Å². The number of benzene rings is 1. The van der Waals surface area contributed by atoms with Crippen molar-refractivity contribution >= 4 is 11.5 Å². The normalized spacial score (nSPS) is 12.2. The summed E-state index contributed by atoms with van der Waals surface area (Å²) in [6.07, 6.45) is -0.101. The molecule has 1 rings (SSSR count). The van der Waals surface area contributed by atoms with E-state index in [2.05, 4.69) is 0 Å². The molecule has 4 heteroatoms. The lowest BCUT2D eigenvalue weighted by Gasteiger charge is -2.10. The van der Waals surface area contributed by atoms with Gasteiger partial charge in [-0.15, -0.1) is 0 Å². The van der Waals surface area contributed by atoms with Crippen LogP contribution >= 0.6 is 0 Å². The molecule has 1 atom stereocenters. The van der Waals surface area contributed by atoms with Gasteiger partial charge in [0.1, 0.15) is 12.4 Å². The first-order chi connectivity index (χ1) is 7.54. The summed E-state index contributed by atoms with van der Waals surface area (Å²) < 4.78 is 5.28. The van der Waals surface area contributed by atoms with Crippen LogP contribution in [0.2, 0.25) is 0 Å². The van der Waals surface area contributed by atoms with Gasteiger partial charge in [-0.1, -0.05) is 6.92 Å². The Morgan fingerprint density at radius 1 is 1.56 bits per heavy atom. The molecular weight excluding hydrogens is 206 g/mol. The predicted molar refractivity (Wildman–Crippen MR) is 62.7 cm³/mol. The SMILES string of the molecule is CCC(=O)c1ccc(OCC(C)O)cc1N. The molecule has 0 aliphatic rings. The van der Waals surface area contributed by atoms with Crippen LogP contribution < -0.4 is 10.5 Å². The van der Waals surface area contributed by atoms with Gasteiger partial charge in [-0.2, -0.15) is 0 Å². The predicted octanol–water partition coefficient (Wildman–Crippen LogP) is 1.62. The summed E-state index contributed by atoms with van der Waals surface area (Å²) in [6, 6.07) is 4.94. The van der Waals surface area contributed by atoms with Crippen LogP contribution in [0.5, 0.6) is 5.75 Å².